The van der Waals surface area contributed by atoms with Gasteiger partial charge in [0.2, 0.25) is 5.91 Å². The van der Waals surface area contributed by atoms with E-state index in [2.05, 4.69) is 36.0 Å². The molecule has 0 aromatic carbocycles. The predicted molar refractivity (Wildman–Crippen MR) is 84.8 cm³/mol. The fourth-order valence-corrected chi connectivity index (χ4v) is 3.14. The number of amides is 1. The molecule has 1 fully saturated rings. The highest BCUT2D eigenvalue weighted by Gasteiger charge is 2.17. The van der Waals surface area contributed by atoms with Crippen LogP contribution in [0.3, 0.4) is 0 Å². The largest absolute Gasteiger partial charge is 0.379 e. The Bertz CT molecular complexity index is 456. The molecule has 1 saturated heterocycles. The summed E-state index contributed by atoms with van der Waals surface area (Å²) in [5, 5.41) is 6.09. The van der Waals surface area contributed by atoms with Gasteiger partial charge in [-0.3, -0.25) is 9.69 Å². The first-order valence-electron chi connectivity index (χ1n) is 7.59. The Morgan fingerprint density at radius 3 is 2.76 bits per heavy atom. The van der Waals surface area contributed by atoms with Crippen molar-refractivity contribution in [2.45, 2.75) is 39.2 Å². The van der Waals surface area contributed by atoms with Crippen LogP contribution in [-0.4, -0.2) is 54.7 Å². The second-order valence-electron chi connectivity index (χ2n) is 5.81. The van der Waals surface area contributed by atoms with Gasteiger partial charge in [0.25, 0.3) is 0 Å². The molecular weight excluding hydrogens is 286 g/mol. The number of morpholine rings is 1. The number of carbonyl (C=O) groups is 1. The lowest BCUT2D eigenvalue weighted by molar-refractivity contribution is -0.120. The third kappa shape index (κ3) is 5.05. The van der Waals surface area contributed by atoms with Crippen molar-refractivity contribution in [1.82, 2.24) is 15.2 Å². The van der Waals surface area contributed by atoms with Crippen molar-refractivity contribution in [2.24, 2.45) is 0 Å². The number of hydrogen-bond acceptors (Lipinski definition) is 5. The lowest BCUT2D eigenvalue weighted by atomic mass is 10.2. The van der Waals surface area contributed by atoms with Gasteiger partial charge in [0.05, 0.1) is 30.3 Å². The fourth-order valence-electron chi connectivity index (χ4n) is 2.30. The van der Waals surface area contributed by atoms with Crippen molar-refractivity contribution < 1.29 is 9.53 Å². The summed E-state index contributed by atoms with van der Waals surface area (Å²) in [5.41, 5.74) is 0.875. The van der Waals surface area contributed by atoms with Crippen LogP contribution in [0.25, 0.3) is 0 Å². The third-order valence-corrected chi connectivity index (χ3v) is 4.86. The number of aromatic nitrogens is 1. The lowest BCUT2D eigenvalue weighted by Gasteiger charge is -2.32. The predicted octanol–water partition coefficient (Wildman–Crippen LogP) is 1.65. The van der Waals surface area contributed by atoms with E-state index in [0.717, 1.165) is 37.0 Å². The first kappa shape index (κ1) is 16.4. The maximum atomic E-state index is 12.0. The van der Waals surface area contributed by atoms with Gasteiger partial charge in [0.1, 0.15) is 0 Å². The number of hydrogen-bond donors (Lipinski definition) is 1. The minimum Gasteiger partial charge on any atom is -0.379 e. The molecule has 118 valence electrons. The van der Waals surface area contributed by atoms with E-state index in [0.29, 0.717) is 24.9 Å². The molecule has 0 bridgehead atoms. The number of ether oxygens (including phenoxy) is 1. The van der Waals surface area contributed by atoms with Crippen LogP contribution in [0.15, 0.2) is 5.38 Å². The zero-order valence-corrected chi connectivity index (χ0v) is 13.9. The Kier molecular flexibility index (Phi) is 6.14. The van der Waals surface area contributed by atoms with Crippen molar-refractivity contribution in [3.63, 3.8) is 0 Å². The van der Waals surface area contributed by atoms with Gasteiger partial charge in [0, 0.05) is 37.0 Å². The molecule has 21 heavy (non-hydrogen) atoms. The summed E-state index contributed by atoms with van der Waals surface area (Å²) in [6.45, 7) is 10.5. The molecule has 1 amide bonds. The molecule has 5 nitrogen and oxygen atoms in total. The molecule has 1 N–H and O–H groups in total. The summed E-state index contributed by atoms with van der Waals surface area (Å²) in [6.07, 6.45) is 0.374. The van der Waals surface area contributed by atoms with Crippen molar-refractivity contribution in [3.05, 3.63) is 16.1 Å². The Morgan fingerprint density at radius 2 is 2.14 bits per heavy atom. The summed E-state index contributed by atoms with van der Waals surface area (Å²) in [7, 11) is 0. The molecule has 1 aliphatic heterocycles. The van der Waals surface area contributed by atoms with Crippen molar-refractivity contribution >= 4 is 17.2 Å². The van der Waals surface area contributed by atoms with Crippen LogP contribution in [0, 0.1) is 0 Å². The Morgan fingerprint density at radius 1 is 1.43 bits per heavy atom. The highest BCUT2D eigenvalue weighted by Crippen LogP contribution is 2.19. The van der Waals surface area contributed by atoms with E-state index in [1.165, 1.54) is 0 Å². The molecule has 0 aliphatic carbocycles. The van der Waals surface area contributed by atoms with E-state index in [-0.39, 0.29) is 5.91 Å². The maximum Gasteiger partial charge on any atom is 0.226 e. The highest BCUT2D eigenvalue weighted by molar-refractivity contribution is 7.09. The van der Waals surface area contributed by atoms with E-state index in [1.54, 1.807) is 11.3 Å². The van der Waals surface area contributed by atoms with E-state index in [4.69, 9.17) is 4.74 Å². The minimum atomic E-state index is 0.0516. The SMILES string of the molecule is CC(C)c1nc(CC(=O)NCC(C)N2CCOCC2)cs1. The normalized spacial score (nSPS) is 17.9. The van der Waals surface area contributed by atoms with Crippen molar-refractivity contribution in [3.8, 4) is 0 Å². The summed E-state index contributed by atoms with van der Waals surface area (Å²) in [4.78, 5) is 18.8. The molecule has 1 aromatic heterocycles. The van der Waals surface area contributed by atoms with Gasteiger partial charge >= 0.3 is 0 Å². The van der Waals surface area contributed by atoms with Crippen LogP contribution in [0.1, 0.15) is 37.4 Å². The molecule has 0 saturated carbocycles. The van der Waals surface area contributed by atoms with Gasteiger partial charge in [0.15, 0.2) is 0 Å². The molecule has 0 spiro atoms. The smallest absolute Gasteiger partial charge is 0.226 e. The molecule has 2 rings (SSSR count). The Labute approximate surface area is 130 Å². The standard InChI is InChI=1S/C15H25N3O2S/c1-11(2)15-17-13(10-21-15)8-14(19)16-9-12(3)18-4-6-20-7-5-18/h10-12H,4-9H2,1-3H3,(H,16,19). The van der Waals surface area contributed by atoms with Crippen molar-refractivity contribution in [2.75, 3.05) is 32.8 Å². The van der Waals surface area contributed by atoms with Crippen LogP contribution in [0.2, 0.25) is 0 Å². The van der Waals surface area contributed by atoms with E-state index in [9.17, 15) is 4.79 Å². The van der Waals surface area contributed by atoms with Crippen LogP contribution >= 0.6 is 11.3 Å². The van der Waals surface area contributed by atoms with Crippen LogP contribution in [0.5, 0.6) is 0 Å². The van der Waals surface area contributed by atoms with E-state index in [1.807, 2.05) is 5.38 Å². The Hall–Kier alpha value is -0.980. The van der Waals surface area contributed by atoms with Crippen LogP contribution < -0.4 is 5.32 Å². The number of carbonyl (C=O) groups excluding carboxylic acids is 1. The second-order valence-corrected chi connectivity index (χ2v) is 6.70. The summed E-state index contributed by atoms with van der Waals surface area (Å²) in [6, 6.07) is 0.347. The Balaban J connectivity index is 1.73. The monoisotopic (exact) mass is 311 g/mol. The zero-order chi connectivity index (χ0) is 15.2. The number of thiazole rings is 1. The maximum absolute atomic E-state index is 12.0. The molecule has 1 aromatic rings. The van der Waals surface area contributed by atoms with Gasteiger partial charge in [-0.25, -0.2) is 4.98 Å². The summed E-state index contributed by atoms with van der Waals surface area (Å²) >= 11 is 1.63. The van der Waals surface area contributed by atoms with Crippen molar-refractivity contribution in [1.29, 1.82) is 0 Å². The molecule has 1 aliphatic rings. The summed E-state index contributed by atoms with van der Waals surface area (Å²) < 4.78 is 5.34. The molecule has 1 unspecified atom stereocenters. The summed E-state index contributed by atoms with van der Waals surface area (Å²) in [5.74, 6) is 0.476. The molecule has 6 heteroatoms. The number of rotatable bonds is 6. The zero-order valence-electron chi connectivity index (χ0n) is 13.1. The first-order chi connectivity index (χ1) is 10.1. The quantitative estimate of drug-likeness (QED) is 0.868. The van der Waals surface area contributed by atoms with E-state index >= 15 is 0 Å². The number of nitrogens with one attached hydrogen (secondary N) is 1. The van der Waals surface area contributed by atoms with Gasteiger partial charge in [-0.1, -0.05) is 13.8 Å². The van der Waals surface area contributed by atoms with E-state index < -0.39 is 0 Å². The highest BCUT2D eigenvalue weighted by atomic mass is 32.1. The average molecular weight is 311 g/mol. The number of nitrogens with zero attached hydrogens (tertiary/aromatic N) is 2. The average Bonchev–Trinajstić information content (AvgIpc) is 2.94. The molecular formula is C15H25N3O2S. The lowest BCUT2D eigenvalue weighted by Crippen LogP contribution is -2.47. The molecule has 1 atom stereocenters. The van der Waals surface area contributed by atoms with Gasteiger partial charge < -0.3 is 10.1 Å². The third-order valence-electron chi connectivity index (χ3n) is 3.67. The van der Waals surface area contributed by atoms with Gasteiger partial charge in [-0.15, -0.1) is 11.3 Å². The molecule has 0 radical (unpaired) electrons. The second kappa shape index (κ2) is 7.87. The topological polar surface area (TPSA) is 54.5 Å². The van der Waals surface area contributed by atoms with Crippen LogP contribution in [-0.2, 0) is 16.0 Å². The molecule has 2 heterocycles. The minimum absolute atomic E-state index is 0.0516. The van der Waals surface area contributed by atoms with Gasteiger partial charge in [-0.05, 0) is 6.92 Å². The van der Waals surface area contributed by atoms with Crippen LogP contribution in [0.4, 0.5) is 0 Å². The fraction of sp³-hybridized carbons (Fsp3) is 0.733. The first-order valence-corrected chi connectivity index (χ1v) is 8.47. The van der Waals surface area contributed by atoms with Gasteiger partial charge in [-0.2, -0.15) is 0 Å².